The molecule has 1 aromatic carbocycles. The number of halogens is 2. The van der Waals surface area contributed by atoms with Crippen LogP contribution in [0.3, 0.4) is 0 Å². The molecule has 0 unspecified atom stereocenters. The molecule has 4 rings (SSSR count). The number of piperidine rings is 1. The highest BCUT2D eigenvalue weighted by atomic mass is 19.3. The van der Waals surface area contributed by atoms with Gasteiger partial charge in [0.25, 0.3) is 6.43 Å². The summed E-state index contributed by atoms with van der Waals surface area (Å²) in [6.45, 7) is 3.87. The highest BCUT2D eigenvalue weighted by Gasteiger charge is 2.20. The van der Waals surface area contributed by atoms with Gasteiger partial charge in [-0.25, -0.2) is 8.78 Å². The highest BCUT2D eigenvalue weighted by Crippen LogP contribution is 2.23. The van der Waals surface area contributed by atoms with Gasteiger partial charge in [-0.3, -0.25) is 4.98 Å². The smallest absolute Gasteiger partial charge is 0.280 e. The summed E-state index contributed by atoms with van der Waals surface area (Å²) in [5, 5.41) is 11.3. The van der Waals surface area contributed by atoms with E-state index in [0.29, 0.717) is 6.04 Å². The lowest BCUT2D eigenvalue weighted by atomic mass is 10.00. The fraction of sp³-hybridized carbons (Fsp3) is 0.409. The molecular weight excluding hydrogens is 374 g/mol. The summed E-state index contributed by atoms with van der Waals surface area (Å²) >= 11 is 0. The molecule has 3 heterocycles. The molecule has 0 aliphatic carbocycles. The molecule has 2 aliphatic heterocycles. The third-order valence-electron chi connectivity index (χ3n) is 5.55. The Morgan fingerprint density at radius 3 is 2.66 bits per heavy atom. The molecule has 0 saturated carbocycles. The van der Waals surface area contributed by atoms with Crippen molar-refractivity contribution in [1.82, 2.24) is 15.4 Å². The van der Waals surface area contributed by atoms with Crippen LogP contribution in [-0.4, -0.2) is 42.3 Å². The van der Waals surface area contributed by atoms with E-state index in [4.69, 9.17) is 4.84 Å². The third-order valence-corrected chi connectivity index (χ3v) is 5.55. The molecule has 0 bridgehead atoms. The van der Waals surface area contributed by atoms with Crippen molar-refractivity contribution in [2.75, 3.05) is 25.5 Å². The van der Waals surface area contributed by atoms with Crippen LogP contribution in [0.15, 0.2) is 30.5 Å². The van der Waals surface area contributed by atoms with Crippen molar-refractivity contribution in [3.8, 4) is 11.1 Å². The monoisotopic (exact) mass is 400 g/mol. The Morgan fingerprint density at radius 2 is 2.00 bits per heavy atom. The lowest BCUT2D eigenvalue weighted by molar-refractivity contribution is -0.142. The van der Waals surface area contributed by atoms with Gasteiger partial charge in [-0.2, -0.15) is 5.06 Å². The van der Waals surface area contributed by atoms with Crippen molar-refractivity contribution in [3.05, 3.63) is 46.6 Å². The Labute approximate surface area is 169 Å². The van der Waals surface area contributed by atoms with Crippen molar-refractivity contribution >= 4 is 18.0 Å². The normalized spacial score (nSPS) is 19.8. The minimum Gasteiger partial charge on any atom is -0.384 e. The quantitative estimate of drug-likeness (QED) is 0.808. The van der Waals surface area contributed by atoms with Crippen LogP contribution in [0.2, 0.25) is 0 Å². The molecule has 5 nitrogen and oxygen atoms in total. The molecule has 7 heteroatoms. The molecule has 1 saturated heterocycles. The van der Waals surface area contributed by atoms with Crippen LogP contribution in [0.1, 0.15) is 31.9 Å². The molecule has 154 valence electrons. The van der Waals surface area contributed by atoms with Crippen LogP contribution in [-0.2, 0) is 4.84 Å². The van der Waals surface area contributed by atoms with Gasteiger partial charge in [0.1, 0.15) is 5.69 Å². The second-order valence-electron chi connectivity index (χ2n) is 7.60. The number of aromatic nitrogens is 1. The van der Waals surface area contributed by atoms with Gasteiger partial charge >= 0.3 is 0 Å². The number of nitrogens with zero attached hydrogens (tertiary/aromatic N) is 2. The molecule has 2 aliphatic rings. The maximum atomic E-state index is 12.8. The zero-order chi connectivity index (χ0) is 20.4. The Hall–Kier alpha value is -2.51. The van der Waals surface area contributed by atoms with E-state index in [-0.39, 0.29) is 11.7 Å². The number of nitrogens with one attached hydrogen (secondary N) is 2. The van der Waals surface area contributed by atoms with Gasteiger partial charge in [-0.1, -0.05) is 12.1 Å². The first-order valence-corrected chi connectivity index (χ1v) is 9.95. The topological polar surface area (TPSA) is 49.4 Å². The van der Waals surface area contributed by atoms with Crippen LogP contribution >= 0.6 is 0 Å². The lowest BCUT2D eigenvalue weighted by Crippen LogP contribution is -2.42. The van der Waals surface area contributed by atoms with Crippen molar-refractivity contribution in [2.45, 2.75) is 38.3 Å². The molecular formula is C22H26F2N4O. The first-order valence-electron chi connectivity index (χ1n) is 9.95. The first kappa shape index (κ1) is 19.8. The van der Waals surface area contributed by atoms with E-state index < -0.39 is 6.43 Å². The number of hydrogen-bond acceptors (Lipinski definition) is 5. The zero-order valence-corrected chi connectivity index (χ0v) is 16.7. The number of alkyl halides is 2. The predicted molar refractivity (Wildman–Crippen MR) is 111 cm³/mol. The number of fused-ring (bicyclic) bond motifs is 1. The van der Waals surface area contributed by atoms with E-state index in [2.05, 4.69) is 47.0 Å². The lowest BCUT2D eigenvalue weighted by Gasteiger charge is -2.31. The SMILES string of the molecule is CON1CCC(Nc2cc(-c3ccc(C(F)F)nc3)cc3c2=CN[C@H](C)C=3)CC1. The zero-order valence-electron chi connectivity index (χ0n) is 16.7. The van der Waals surface area contributed by atoms with Crippen LogP contribution in [0, 0.1) is 0 Å². The molecule has 0 radical (unpaired) electrons. The van der Waals surface area contributed by atoms with Gasteiger partial charge < -0.3 is 15.5 Å². The number of anilines is 1. The first-order chi connectivity index (χ1) is 14.0. The average molecular weight is 400 g/mol. The summed E-state index contributed by atoms with van der Waals surface area (Å²) in [7, 11) is 1.71. The Kier molecular flexibility index (Phi) is 5.78. The largest absolute Gasteiger partial charge is 0.384 e. The number of hydroxylamine groups is 2. The highest BCUT2D eigenvalue weighted by molar-refractivity contribution is 5.70. The summed E-state index contributed by atoms with van der Waals surface area (Å²) in [5.74, 6) is 0. The third kappa shape index (κ3) is 4.41. The van der Waals surface area contributed by atoms with Gasteiger partial charge in [-0.15, -0.1) is 0 Å². The molecule has 1 fully saturated rings. The molecule has 1 aromatic heterocycles. The summed E-state index contributed by atoms with van der Waals surface area (Å²) in [6, 6.07) is 7.88. The fourth-order valence-corrected chi connectivity index (χ4v) is 3.90. The van der Waals surface area contributed by atoms with E-state index in [1.807, 2.05) is 5.06 Å². The van der Waals surface area contributed by atoms with Crippen molar-refractivity contribution in [3.63, 3.8) is 0 Å². The average Bonchev–Trinajstić information content (AvgIpc) is 2.74. The van der Waals surface area contributed by atoms with E-state index in [1.165, 1.54) is 12.3 Å². The number of hydrogen-bond donors (Lipinski definition) is 2. The van der Waals surface area contributed by atoms with Gasteiger partial charge in [0, 0.05) is 54.0 Å². The van der Waals surface area contributed by atoms with Gasteiger partial charge in [0.05, 0.1) is 7.11 Å². The second-order valence-corrected chi connectivity index (χ2v) is 7.60. The van der Waals surface area contributed by atoms with Gasteiger partial charge in [-0.05, 0) is 48.7 Å². The Balaban J connectivity index is 1.68. The maximum absolute atomic E-state index is 12.8. The van der Waals surface area contributed by atoms with Crippen LogP contribution in [0.25, 0.3) is 23.4 Å². The van der Waals surface area contributed by atoms with E-state index in [9.17, 15) is 8.78 Å². The van der Waals surface area contributed by atoms with Crippen molar-refractivity contribution in [2.24, 2.45) is 0 Å². The molecule has 0 amide bonds. The van der Waals surface area contributed by atoms with Gasteiger partial charge in [0.2, 0.25) is 0 Å². The molecule has 29 heavy (non-hydrogen) atoms. The molecule has 2 N–H and O–H groups in total. The minimum atomic E-state index is -2.56. The maximum Gasteiger partial charge on any atom is 0.280 e. The van der Waals surface area contributed by atoms with E-state index in [0.717, 1.165) is 53.2 Å². The molecule has 1 atom stereocenters. The van der Waals surface area contributed by atoms with Crippen LogP contribution in [0.4, 0.5) is 14.5 Å². The van der Waals surface area contributed by atoms with Crippen molar-refractivity contribution in [1.29, 1.82) is 0 Å². The summed E-state index contributed by atoms with van der Waals surface area (Å²) < 4.78 is 25.7. The Bertz CT molecular complexity index is 970. The van der Waals surface area contributed by atoms with E-state index >= 15 is 0 Å². The Morgan fingerprint density at radius 1 is 1.21 bits per heavy atom. The summed E-state index contributed by atoms with van der Waals surface area (Å²) in [4.78, 5) is 9.24. The molecule has 2 aromatic rings. The second kappa shape index (κ2) is 8.47. The summed E-state index contributed by atoms with van der Waals surface area (Å²) in [6.07, 6.45) is 5.18. The number of benzene rings is 1. The standard InChI is InChI=1S/C22H26F2N4O/c1-14-9-17-10-16(15-3-4-20(22(23)24)26-12-15)11-21(19(17)13-25-14)27-18-5-7-28(29-2)8-6-18/h3-4,9-14,18,22,25,27H,5-8H2,1-2H3/t14-/m1/s1. The van der Waals surface area contributed by atoms with E-state index in [1.54, 1.807) is 13.2 Å². The van der Waals surface area contributed by atoms with Crippen LogP contribution < -0.4 is 21.1 Å². The summed E-state index contributed by atoms with van der Waals surface area (Å²) in [5.41, 5.74) is 2.64. The minimum absolute atomic E-state index is 0.201. The van der Waals surface area contributed by atoms with Gasteiger partial charge in [0.15, 0.2) is 0 Å². The van der Waals surface area contributed by atoms with Crippen LogP contribution in [0.5, 0.6) is 0 Å². The predicted octanol–water partition coefficient (Wildman–Crippen LogP) is 2.63. The number of pyridine rings is 1. The fourth-order valence-electron chi connectivity index (χ4n) is 3.90. The van der Waals surface area contributed by atoms with Crippen molar-refractivity contribution < 1.29 is 13.6 Å². The molecule has 0 spiro atoms. The number of rotatable bonds is 5.